The van der Waals surface area contributed by atoms with Crippen molar-refractivity contribution in [1.29, 1.82) is 0 Å². The largest absolute Gasteiger partial charge is 0.389 e. The van der Waals surface area contributed by atoms with Crippen molar-refractivity contribution < 1.29 is 19.4 Å². The van der Waals surface area contributed by atoms with E-state index in [2.05, 4.69) is 4.98 Å². The normalized spacial score (nSPS) is 14.5. The molecule has 1 aromatic heterocycles. The van der Waals surface area contributed by atoms with Gasteiger partial charge in [-0.3, -0.25) is 9.78 Å². The number of thioether (sulfide) groups is 1. The number of carbonyl (C=O) groups is 1. The SMILES string of the molecule is CC(=O)SCC(O)C(O)c1ncccc1F. The van der Waals surface area contributed by atoms with Crippen LogP contribution in [0, 0.1) is 5.82 Å². The molecule has 2 unspecified atom stereocenters. The molecule has 0 fully saturated rings. The Morgan fingerprint density at radius 1 is 1.62 bits per heavy atom. The van der Waals surface area contributed by atoms with Gasteiger partial charge in [-0.2, -0.15) is 0 Å². The van der Waals surface area contributed by atoms with E-state index in [0.29, 0.717) is 0 Å². The average Bonchev–Trinajstić information content (AvgIpc) is 2.25. The van der Waals surface area contributed by atoms with Gasteiger partial charge in [0.05, 0.1) is 6.10 Å². The fourth-order valence-electron chi connectivity index (χ4n) is 1.09. The Bertz CT molecular complexity index is 375. The van der Waals surface area contributed by atoms with Crippen LogP contribution in [0.2, 0.25) is 0 Å². The first-order chi connectivity index (χ1) is 7.52. The maximum Gasteiger partial charge on any atom is 0.185 e. The van der Waals surface area contributed by atoms with Crippen LogP contribution in [-0.2, 0) is 4.79 Å². The van der Waals surface area contributed by atoms with Crippen LogP contribution in [-0.4, -0.2) is 32.2 Å². The second kappa shape index (κ2) is 5.93. The smallest absolute Gasteiger partial charge is 0.185 e. The third kappa shape index (κ3) is 3.55. The Morgan fingerprint density at radius 3 is 2.88 bits per heavy atom. The van der Waals surface area contributed by atoms with Crippen LogP contribution in [0.25, 0.3) is 0 Å². The number of aliphatic hydroxyl groups is 2. The zero-order valence-corrected chi connectivity index (χ0v) is 9.45. The maximum absolute atomic E-state index is 13.2. The first kappa shape index (κ1) is 13.1. The zero-order valence-electron chi connectivity index (χ0n) is 8.63. The summed E-state index contributed by atoms with van der Waals surface area (Å²) in [6, 6.07) is 2.54. The van der Waals surface area contributed by atoms with Crippen molar-refractivity contribution in [1.82, 2.24) is 4.98 Å². The van der Waals surface area contributed by atoms with Gasteiger partial charge in [0.1, 0.15) is 17.6 Å². The molecule has 16 heavy (non-hydrogen) atoms. The van der Waals surface area contributed by atoms with Gasteiger partial charge in [-0.15, -0.1) is 0 Å². The molecule has 0 aliphatic rings. The molecule has 2 atom stereocenters. The van der Waals surface area contributed by atoms with Gasteiger partial charge in [0.25, 0.3) is 0 Å². The number of aliphatic hydroxyl groups excluding tert-OH is 2. The quantitative estimate of drug-likeness (QED) is 0.824. The number of nitrogens with zero attached hydrogens (tertiary/aromatic N) is 1. The van der Waals surface area contributed by atoms with E-state index in [-0.39, 0.29) is 16.6 Å². The van der Waals surface area contributed by atoms with E-state index in [1.165, 1.54) is 19.2 Å². The van der Waals surface area contributed by atoms with Crippen LogP contribution in [0.5, 0.6) is 0 Å². The number of hydrogen-bond acceptors (Lipinski definition) is 5. The van der Waals surface area contributed by atoms with E-state index in [1.54, 1.807) is 0 Å². The molecule has 2 N–H and O–H groups in total. The maximum atomic E-state index is 13.2. The van der Waals surface area contributed by atoms with E-state index in [4.69, 9.17) is 0 Å². The Labute approximate surface area is 96.5 Å². The van der Waals surface area contributed by atoms with Crippen LogP contribution in [0.3, 0.4) is 0 Å². The summed E-state index contributed by atoms with van der Waals surface area (Å²) in [5.74, 6) is -0.672. The third-order valence-corrected chi connectivity index (χ3v) is 2.80. The van der Waals surface area contributed by atoms with Crippen LogP contribution in [0.1, 0.15) is 18.7 Å². The summed E-state index contributed by atoms with van der Waals surface area (Å²) >= 11 is 0.869. The van der Waals surface area contributed by atoms with Crippen molar-refractivity contribution in [2.75, 3.05) is 5.75 Å². The Kier molecular flexibility index (Phi) is 4.85. The highest BCUT2D eigenvalue weighted by Gasteiger charge is 2.23. The number of rotatable bonds is 4. The lowest BCUT2D eigenvalue weighted by atomic mass is 10.1. The van der Waals surface area contributed by atoms with Crippen molar-refractivity contribution >= 4 is 16.9 Å². The molecule has 0 radical (unpaired) electrons. The van der Waals surface area contributed by atoms with Crippen molar-refractivity contribution in [3.8, 4) is 0 Å². The molecule has 0 aromatic carbocycles. The number of carbonyl (C=O) groups excluding carboxylic acids is 1. The summed E-state index contributed by atoms with van der Waals surface area (Å²) in [6.45, 7) is 1.35. The Morgan fingerprint density at radius 2 is 2.31 bits per heavy atom. The lowest BCUT2D eigenvalue weighted by Crippen LogP contribution is -2.23. The van der Waals surface area contributed by atoms with Gasteiger partial charge in [-0.05, 0) is 12.1 Å². The standard InChI is InChI=1S/C10H12FNO3S/c1-6(13)16-5-8(14)10(15)9-7(11)3-2-4-12-9/h2-4,8,10,14-15H,5H2,1H3. The molecule has 1 heterocycles. The molecule has 0 amide bonds. The molecule has 0 saturated heterocycles. The fourth-order valence-corrected chi connectivity index (χ4v) is 1.68. The van der Waals surface area contributed by atoms with Gasteiger partial charge >= 0.3 is 0 Å². The lowest BCUT2D eigenvalue weighted by Gasteiger charge is -2.16. The van der Waals surface area contributed by atoms with Crippen LogP contribution in [0.4, 0.5) is 4.39 Å². The third-order valence-electron chi connectivity index (χ3n) is 1.89. The predicted molar refractivity (Wildman–Crippen MR) is 58.3 cm³/mol. The summed E-state index contributed by atoms with van der Waals surface area (Å²) in [6.07, 6.45) is -1.32. The molecule has 0 bridgehead atoms. The minimum Gasteiger partial charge on any atom is -0.389 e. The molecule has 4 nitrogen and oxygen atoms in total. The molecule has 0 spiro atoms. The first-order valence-electron chi connectivity index (χ1n) is 4.62. The summed E-state index contributed by atoms with van der Waals surface area (Å²) in [5.41, 5.74) is -0.209. The first-order valence-corrected chi connectivity index (χ1v) is 5.61. The van der Waals surface area contributed by atoms with E-state index < -0.39 is 18.0 Å². The highest BCUT2D eigenvalue weighted by atomic mass is 32.2. The Balaban J connectivity index is 2.66. The van der Waals surface area contributed by atoms with Crippen LogP contribution >= 0.6 is 11.8 Å². The summed E-state index contributed by atoms with van der Waals surface area (Å²) < 4.78 is 13.2. The van der Waals surface area contributed by atoms with Crippen molar-refractivity contribution in [2.24, 2.45) is 0 Å². The number of pyridine rings is 1. The summed E-state index contributed by atoms with van der Waals surface area (Å²) in [7, 11) is 0. The van der Waals surface area contributed by atoms with Gasteiger partial charge in [-0.25, -0.2) is 4.39 Å². The molecule has 1 rings (SSSR count). The van der Waals surface area contributed by atoms with E-state index in [1.807, 2.05) is 0 Å². The molecule has 6 heteroatoms. The molecular formula is C10H12FNO3S. The van der Waals surface area contributed by atoms with Crippen molar-refractivity contribution in [3.05, 3.63) is 29.8 Å². The number of hydrogen-bond donors (Lipinski definition) is 2. The highest BCUT2D eigenvalue weighted by Crippen LogP contribution is 2.20. The van der Waals surface area contributed by atoms with Crippen molar-refractivity contribution in [3.63, 3.8) is 0 Å². The molecule has 0 aliphatic heterocycles. The van der Waals surface area contributed by atoms with Gasteiger partial charge in [0, 0.05) is 18.9 Å². The van der Waals surface area contributed by atoms with E-state index >= 15 is 0 Å². The molecular weight excluding hydrogens is 233 g/mol. The number of halogens is 1. The molecule has 0 aliphatic carbocycles. The predicted octanol–water partition coefficient (Wildman–Crippen LogP) is 0.895. The van der Waals surface area contributed by atoms with Gasteiger partial charge in [0.2, 0.25) is 0 Å². The fraction of sp³-hybridized carbons (Fsp3) is 0.400. The van der Waals surface area contributed by atoms with Crippen molar-refractivity contribution in [2.45, 2.75) is 19.1 Å². The molecule has 1 aromatic rings. The second-order valence-electron chi connectivity index (χ2n) is 3.19. The zero-order chi connectivity index (χ0) is 12.1. The topological polar surface area (TPSA) is 70.4 Å². The summed E-state index contributed by atoms with van der Waals surface area (Å²) in [4.78, 5) is 14.3. The number of aromatic nitrogens is 1. The van der Waals surface area contributed by atoms with Gasteiger partial charge in [-0.1, -0.05) is 11.8 Å². The highest BCUT2D eigenvalue weighted by molar-refractivity contribution is 8.13. The van der Waals surface area contributed by atoms with Gasteiger partial charge in [0.15, 0.2) is 5.12 Å². The van der Waals surface area contributed by atoms with Gasteiger partial charge < -0.3 is 10.2 Å². The van der Waals surface area contributed by atoms with E-state index in [9.17, 15) is 19.4 Å². The minimum atomic E-state index is -1.42. The van der Waals surface area contributed by atoms with Crippen LogP contribution in [0.15, 0.2) is 18.3 Å². The average molecular weight is 245 g/mol. The molecule has 0 saturated carbocycles. The lowest BCUT2D eigenvalue weighted by molar-refractivity contribution is -0.109. The monoisotopic (exact) mass is 245 g/mol. The second-order valence-corrected chi connectivity index (χ2v) is 4.38. The van der Waals surface area contributed by atoms with Crippen LogP contribution < -0.4 is 0 Å². The minimum absolute atomic E-state index is 0.00646. The summed E-state index contributed by atoms with van der Waals surface area (Å²) in [5, 5.41) is 18.9. The Hall–Kier alpha value is -0.980. The molecule has 88 valence electrons. The van der Waals surface area contributed by atoms with E-state index in [0.717, 1.165) is 17.8 Å².